The van der Waals surface area contributed by atoms with E-state index in [2.05, 4.69) is 19.1 Å². The maximum Gasteiger partial charge on any atom is 0.125 e. The topological polar surface area (TPSA) is 9.23 Å². The van der Waals surface area contributed by atoms with Gasteiger partial charge in [-0.05, 0) is 36.8 Å². The van der Waals surface area contributed by atoms with Gasteiger partial charge in [0, 0.05) is 0 Å². The second-order valence-electron chi connectivity index (χ2n) is 3.31. The summed E-state index contributed by atoms with van der Waals surface area (Å²) in [5.41, 5.74) is 2.34. The number of para-hydroxylation sites is 1. The van der Waals surface area contributed by atoms with Gasteiger partial charge in [-0.15, -0.1) is 0 Å². The van der Waals surface area contributed by atoms with Gasteiger partial charge in [0.05, 0.1) is 7.11 Å². The van der Waals surface area contributed by atoms with E-state index < -0.39 is 0 Å². The van der Waals surface area contributed by atoms with Gasteiger partial charge >= 0.3 is 0 Å². The maximum atomic E-state index is 5.31. The molecule has 0 heterocycles. The molecular weight excluding hydrogens is 148 g/mol. The summed E-state index contributed by atoms with van der Waals surface area (Å²) in [6.45, 7) is 3.94. The van der Waals surface area contributed by atoms with E-state index in [1.807, 2.05) is 6.07 Å². The summed E-state index contributed by atoms with van der Waals surface area (Å²) in [5, 5.41) is 0. The molecule has 0 amide bonds. The first-order valence-corrected chi connectivity index (χ1v) is 4.32. The van der Waals surface area contributed by atoms with Crippen LogP contribution in [0.3, 0.4) is 0 Å². The van der Waals surface area contributed by atoms with Crippen molar-refractivity contribution < 1.29 is 4.74 Å². The molecule has 0 bridgehead atoms. The number of benzene rings is 1. The molecule has 0 N–H and O–H groups in total. The van der Waals surface area contributed by atoms with Crippen LogP contribution in [-0.4, -0.2) is 7.11 Å². The Morgan fingerprint density at radius 1 is 1.42 bits per heavy atom. The molecule has 2 rings (SSSR count). The van der Waals surface area contributed by atoms with E-state index >= 15 is 0 Å². The van der Waals surface area contributed by atoms with E-state index in [9.17, 15) is 0 Å². The molecule has 0 spiro atoms. The molecule has 1 radical (unpaired) electrons. The van der Waals surface area contributed by atoms with Gasteiger partial charge < -0.3 is 4.74 Å². The van der Waals surface area contributed by atoms with Crippen LogP contribution in [0.5, 0.6) is 5.75 Å². The molecule has 0 aliphatic heterocycles. The van der Waals surface area contributed by atoms with Gasteiger partial charge in [0.25, 0.3) is 0 Å². The fourth-order valence-corrected chi connectivity index (χ4v) is 1.57. The summed E-state index contributed by atoms with van der Waals surface area (Å²) < 4.78 is 5.31. The van der Waals surface area contributed by atoms with E-state index in [1.165, 1.54) is 18.4 Å². The van der Waals surface area contributed by atoms with E-state index in [4.69, 9.17) is 4.74 Å². The number of rotatable bonds is 2. The highest BCUT2D eigenvalue weighted by Gasteiger charge is 2.26. The van der Waals surface area contributed by atoms with Crippen molar-refractivity contribution in [1.29, 1.82) is 0 Å². The van der Waals surface area contributed by atoms with Crippen molar-refractivity contribution in [3.05, 3.63) is 36.2 Å². The molecule has 1 aromatic rings. The molecule has 0 saturated heterocycles. The van der Waals surface area contributed by atoms with Gasteiger partial charge in [-0.25, -0.2) is 0 Å². The summed E-state index contributed by atoms with van der Waals surface area (Å²) in [7, 11) is 1.72. The van der Waals surface area contributed by atoms with E-state index in [1.54, 1.807) is 7.11 Å². The van der Waals surface area contributed by atoms with Crippen molar-refractivity contribution in [3.8, 4) is 5.75 Å². The second kappa shape index (κ2) is 2.81. The predicted octanol–water partition coefficient (Wildman–Crippen LogP) is 2.75. The predicted molar refractivity (Wildman–Crippen MR) is 49.4 cm³/mol. The van der Waals surface area contributed by atoms with Crippen molar-refractivity contribution in [2.45, 2.75) is 18.8 Å². The van der Waals surface area contributed by atoms with Gasteiger partial charge in [-0.3, -0.25) is 0 Å². The summed E-state index contributed by atoms with van der Waals surface area (Å²) in [6, 6.07) is 6.19. The maximum absolute atomic E-state index is 5.31. The minimum absolute atomic E-state index is 0.738. The molecule has 1 aromatic carbocycles. The molecule has 1 aliphatic rings. The third-order valence-corrected chi connectivity index (χ3v) is 2.35. The monoisotopic (exact) mass is 161 g/mol. The zero-order valence-electron chi connectivity index (χ0n) is 7.34. The molecule has 1 aliphatic carbocycles. The summed E-state index contributed by atoms with van der Waals surface area (Å²) in [6.07, 6.45) is 2.61. The van der Waals surface area contributed by atoms with Crippen molar-refractivity contribution in [2.24, 2.45) is 0 Å². The normalized spacial score (nSPS) is 16.2. The second-order valence-corrected chi connectivity index (χ2v) is 3.31. The lowest BCUT2D eigenvalue weighted by Crippen LogP contribution is -1.92. The Labute approximate surface area is 73.4 Å². The Kier molecular flexibility index (Phi) is 1.80. The average Bonchev–Trinajstić information content (AvgIpc) is 2.86. The Morgan fingerprint density at radius 2 is 2.17 bits per heavy atom. The zero-order valence-corrected chi connectivity index (χ0v) is 7.34. The summed E-state index contributed by atoms with van der Waals surface area (Å²) in [4.78, 5) is 0. The van der Waals surface area contributed by atoms with Crippen molar-refractivity contribution in [2.75, 3.05) is 7.11 Å². The Bertz CT molecular complexity index is 287. The first kappa shape index (κ1) is 7.66. The highest BCUT2D eigenvalue weighted by molar-refractivity contribution is 5.46. The van der Waals surface area contributed by atoms with Gasteiger partial charge in [0.15, 0.2) is 0 Å². The van der Waals surface area contributed by atoms with Gasteiger partial charge in [0.2, 0.25) is 0 Å². The first-order chi connectivity index (χ1) is 5.83. The van der Waals surface area contributed by atoms with Crippen LogP contribution in [0.15, 0.2) is 18.2 Å². The number of hydrogen-bond acceptors (Lipinski definition) is 1. The summed E-state index contributed by atoms with van der Waals surface area (Å²) >= 11 is 0. The van der Waals surface area contributed by atoms with Crippen LogP contribution in [0.2, 0.25) is 0 Å². The molecule has 1 nitrogen and oxygen atoms in total. The van der Waals surface area contributed by atoms with Crippen LogP contribution in [-0.2, 0) is 0 Å². The minimum atomic E-state index is 0.738. The molecule has 1 heteroatoms. The summed E-state index contributed by atoms with van der Waals surface area (Å²) in [5.74, 6) is 1.72. The number of hydrogen-bond donors (Lipinski definition) is 0. The van der Waals surface area contributed by atoms with Crippen LogP contribution in [0.4, 0.5) is 0 Å². The van der Waals surface area contributed by atoms with Crippen molar-refractivity contribution >= 4 is 0 Å². The molecule has 1 saturated carbocycles. The number of ether oxygens (including phenoxy) is 1. The van der Waals surface area contributed by atoms with Gasteiger partial charge in [-0.1, -0.05) is 18.2 Å². The van der Waals surface area contributed by atoms with E-state index in [0.29, 0.717) is 0 Å². The Hall–Kier alpha value is -0.980. The highest BCUT2D eigenvalue weighted by Crippen LogP contribution is 2.44. The van der Waals surface area contributed by atoms with Gasteiger partial charge in [-0.2, -0.15) is 0 Å². The number of methoxy groups -OCH3 is 1. The fraction of sp³-hybridized carbons (Fsp3) is 0.364. The Balaban J connectivity index is 2.43. The highest BCUT2D eigenvalue weighted by atomic mass is 16.5. The quantitative estimate of drug-likeness (QED) is 0.648. The lowest BCUT2D eigenvalue weighted by atomic mass is 10.1. The molecule has 12 heavy (non-hydrogen) atoms. The van der Waals surface area contributed by atoms with Crippen molar-refractivity contribution in [1.82, 2.24) is 0 Å². The zero-order chi connectivity index (χ0) is 8.55. The first-order valence-electron chi connectivity index (χ1n) is 4.32. The van der Waals surface area contributed by atoms with E-state index in [-0.39, 0.29) is 0 Å². The molecule has 1 fully saturated rings. The molecule has 63 valence electrons. The Morgan fingerprint density at radius 3 is 2.75 bits per heavy atom. The molecular formula is C11H13O. The van der Waals surface area contributed by atoms with Gasteiger partial charge in [0.1, 0.15) is 5.75 Å². The van der Waals surface area contributed by atoms with Crippen LogP contribution >= 0.6 is 0 Å². The lowest BCUT2D eigenvalue weighted by Gasteiger charge is -2.09. The fourth-order valence-electron chi connectivity index (χ4n) is 1.57. The van der Waals surface area contributed by atoms with Crippen molar-refractivity contribution in [3.63, 3.8) is 0 Å². The SMILES string of the molecule is [CH2]c1cccc(C2CC2)c1OC. The average molecular weight is 161 g/mol. The van der Waals surface area contributed by atoms with Crippen LogP contribution < -0.4 is 4.74 Å². The van der Waals surface area contributed by atoms with Crippen LogP contribution in [0.25, 0.3) is 0 Å². The standard InChI is InChI=1S/C11H13O/c1-8-4-3-5-10(9-6-7-9)11(8)12-2/h3-5,9H,1,6-7H2,2H3. The van der Waals surface area contributed by atoms with Crippen LogP contribution in [0.1, 0.15) is 29.9 Å². The molecule has 0 atom stereocenters. The molecule has 0 aromatic heterocycles. The third-order valence-electron chi connectivity index (χ3n) is 2.35. The third kappa shape index (κ3) is 1.20. The minimum Gasteiger partial charge on any atom is -0.496 e. The molecule has 0 unspecified atom stereocenters. The van der Waals surface area contributed by atoms with Crippen LogP contribution in [0, 0.1) is 6.92 Å². The smallest absolute Gasteiger partial charge is 0.125 e. The largest absolute Gasteiger partial charge is 0.496 e. The van der Waals surface area contributed by atoms with E-state index in [0.717, 1.165) is 17.2 Å². The lowest BCUT2D eigenvalue weighted by molar-refractivity contribution is 0.408.